The molecule has 2 fully saturated rings. The predicted molar refractivity (Wildman–Crippen MR) is 73.0 cm³/mol. The first-order valence-electron chi connectivity index (χ1n) is 7.34. The molecule has 1 atom stereocenters. The highest BCUT2D eigenvalue weighted by Crippen LogP contribution is 2.47. The average molecular weight is 300 g/mol. The highest BCUT2D eigenvalue weighted by molar-refractivity contribution is 5.37. The van der Waals surface area contributed by atoms with Crippen molar-refractivity contribution < 1.29 is 17.9 Å². The largest absolute Gasteiger partial charge is 0.573 e. The fourth-order valence-electron chi connectivity index (χ4n) is 3.06. The van der Waals surface area contributed by atoms with Crippen molar-refractivity contribution in [2.24, 2.45) is 5.92 Å². The van der Waals surface area contributed by atoms with Crippen LogP contribution in [0.2, 0.25) is 0 Å². The molecule has 1 N–H and O–H groups in total. The van der Waals surface area contributed by atoms with Crippen molar-refractivity contribution in [2.45, 2.75) is 25.2 Å². The van der Waals surface area contributed by atoms with Crippen LogP contribution in [0.25, 0.3) is 0 Å². The zero-order valence-corrected chi connectivity index (χ0v) is 11.7. The molecule has 1 saturated carbocycles. The molecular formula is C15H19F3N2O. The summed E-state index contributed by atoms with van der Waals surface area (Å²) in [6.07, 6.45) is -2.49. The van der Waals surface area contributed by atoms with E-state index in [0.717, 1.165) is 39.0 Å². The van der Waals surface area contributed by atoms with Gasteiger partial charge in [0.25, 0.3) is 0 Å². The van der Waals surface area contributed by atoms with Gasteiger partial charge in [0.1, 0.15) is 5.75 Å². The minimum absolute atomic E-state index is 0.0330. The number of hydrogen-bond donors (Lipinski definition) is 1. The number of nitrogens with one attached hydrogen (secondary N) is 1. The van der Waals surface area contributed by atoms with Gasteiger partial charge in [-0.15, -0.1) is 13.2 Å². The minimum Gasteiger partial charge on any atom is -0.405 e. The van der Waals surface area contributed by atoms with E-state index in [9.17, 15) is 13.2 Å². The lowest BCUT2D eigenvalue weighted by molar-refractivity contribution is -0.275. The Morgan fingerprint density at radius 3 is 2.43 bits per heavy atom. The molecule has 0 bridgehead atoms. The molecule has 1 saturated heterocycles. The minimum atomic E-state index is -4.65. The molecule has 3 rings (SSSR count). The smallest absolute Gasteiger partial charge is 0.405 e. The van der Waals surface area contributed by atoms with E-state index in [-0.39, 0.29) is 11.8 Å². The first-order valence-corrected chi connectivity index (χ1v) is 7.34. The van der Waals surface area contributed by atoms with Crippen molar-refractivity contribution in [1.29, 1.82) is 0 Å². The normalized spacial score (nSPS) is 22.0. The lowest BCUT2D eigenvalue weighted by Crippen LogP contribution is -2.45. The summed E-state index contributed by atoms with van der Waals surface area (Å²) in [5.74, 6) is 0.390. The highest BCUT2D eigenvalue weighted by Gasteiger charge is 2.40. The molecule has 0 unspecified atom stereocenters. The Morgan fingerprint density at radius 1 is 1.14 bits per heavy atom. The second kappa shape index (κ2) is 5.85. The zero-order valence-electron chi connectivity index (χ0n) is 11.7. The highest BCUT2D eigenvalue weighted by atomic mass is 19.4. The fourth-order valence-corrected chi connectivity index (χ4v) is 3.06. The Hall–Kier alpha value is -1.27. The van der Waals surface area contributed by atoms with E-state index in [1.807, 2.05) is 0 Å². The summed E-state index contributed by atoms with van der Waals surface area (Å²) in [6.45, 7) is 3.49. The van der Waals surface area contributed by atoms with E-state index in [4.69, 9.17) is 0 Å². The Labute approximate surface area is 122 Å². The topological polar surface area (TPSA) is 24.5 Å². The third-order valence-corrected chi connectivity index (χ3v) is 4.08. The lowest BCUT2D eigenvalue weighted by Gasteiger charge is -2.36. The lowest BCUT2D eigenvalue weighted by atomic mass is 9.98. The van der Waals surface area contributed by atoms with Crippen molar-refractivity contribution in [1.82, 2.24) is 10.2 Å². The summed E-state index contributed by atoms with van der Waals surface area (Å²) in [5, 5.41) is 3.28. The summed E-state index contributed by atoms with van der Waals surface area (Å²) < 4.78 is 42.0. The Balaban J connectivity index is 1.88. The number of alkyl halides is 3. The van der Waals surface area contributed by atoms with Crippen LogP contribution in [0.15, 0.2) is 24.3 Å². The number of halogens is 3. The third kappa shape index (κ3) is 3.68. The van der Waals surface area contributed by atoms with E-state index in [1.165, 1.54) is 6.07 Å². The summed E-state index contributed by atoms with van der Waals surface area (Å²) in [4.78, 5) is 2.28. The Morgan fingerprint density at radius 2 is 1.81 bits per heavy atom. The van der Waals surface area contributed by atoms with Gasteiger partial charge in [-0.1, -0.05) is 18.2 Å². The van der Waals surface area contributed by atoms with Crippen LogP contribution in [0, 0.1) is 5.92 Å². The maximum atomic E-state index is 12.6. The zero-order chi connectivity index (χ0) is 14.9. The predicted octanol–water partition coefficient (Wildman–Crippen LogP) is 2.94. The van der Waals surface area contributed by atoms with Gasteiger partial charge in [0, 0.05) is 37.8 Å². The van der Waals surface area contributed by atoms with Gasteiger partial charge in [0.05, 0.1) is 0 Å². The summed E-state index contributed by atoms with van der Waals surface area (Å²) in [5.41, 5.74) is 0.666. The molecule has 21 heavy (non-hydrogen) atoms. The number of nitrogens with zero attached hydrogens (tertiary/aromatic N) is 1. The second-order valence-electron chi connectivity index (χ2n) is 5.65. The first kappa shape index (κ1) is 14.7. The van der Waals surface area contributed by atoms with Crippen LogP contribution in [-0.2, 0) is 0 Å². The van der Waals surface area contributed by atoms with Gasteiger partial charge in [-0.3, -0.25) is 4.90 Å². The molecule has 1 aliphatic heterocycles. The second-order valence-corrected chi connectivity index (χ2v) is 5.65. The van der Waals surface area contributed by atoms with Gasteiger partial charge in [0.15, 0.2) is 0 Å². The Kier molecular flexibility index (Phi) is 4.08. The molecule has 6 heteroatoms. The standard InChI is InChI=1S/C15H19F3N2O/c16-15(17,18)21-13-4-2-1-3-12(13)14(11-5-6-11)20-9-7-19-8-10-20/h1-4,11,14,19H,5-10H2/t14-/m1/s1. The van der Waals surface area contributed by atoms with Gasteiger partial charge in [-0.25, -0.2) is 0 Å². The van der Waals surface area contributed by atoms with E-state index >= 15 is 0 Å². The third-order valence-electron chi connectivity index (χ3n) is 4.08. The number of benzene rings is 1. The van der Waals surface area contributed by atoms with Crippen LogP contribution >= 0.6 is 0 Å². The molecule has 116 valence electrons. The van der Waals surface area contributed by atoms with Gasteiger partial charge in [-0.2, -0.15) is 0 Å². The number of ether oxygens (including phenoxy) is 1. The van der Waals surface area contributed by atoms with Gasteiger partial charge >= 0.3 is 6.36 Å². The van der Waals surface area contributed by atoms with Crippen molar-refractivity contribution in [3.8, 4) is 5.75 Å². The molecule has 0 radical (unpaired) electrons. The van der Waals surface area contributed by atoms with Gasteiger partial charge in [0.2, 0.25) is 0 Å². The molecule has 1 aromatic carbocycles. The van der Waals surface area contributed by atoms with Crippen molar-refractivity contribution in [3.05, 3.63) is 29.8 Å². The Bertz CT molecular complexity index is 482. The summed E-state index contributed by atoms with van der Waals surface area (Å²) >= 11 is 0. The molecule has 0 amide bonds. The fraction of sp³-hybridized carbons (Fsp3) is 0.600. The van der Waals surface area contributed by atoms with E-state index in [1.54, 1.807) is 18.2 Å². The molecule has 3 nitrogen and oxygen atoms in total. The monoisotopic (exact) mass is 300 g/mol. The van der Waals surface area contributed by atoms with E-state index < -0.39 is 6.36 Å². The van der Waals surface area contributed by atoms with Crippen molar-refractivity contribution in [2.75, 3.05) is 26.2 Å². The summed E-state index contributed by atoms with van der Waals surface area (Å²) in [6, 6.07) is 6.60. The van der Waals surface area contributed by atoms with E-state index in [2.05, 4.69) is 15.0 Å². The van der Waals surface area contributed by atoms with Crippen molar-refractivity contribution >= 4 is 0 Å². The van der Waals surface area contributed by atoms with Crippen LogP contribution in [0.5, 0.6) is 5.75 Å². The molecule has 1 heterocycles. The van der Waals surface area contributed by atoms with Crippen LogP contribution < -0.4 is 10.1 Å². The first-order chi connectivity index (χ1) is 10.0. The maximum absolute atomic E-state index is 12.6. The molecule has 2 aliphatic rings. The number of piperazine rings is 1. The number of hydrogen-bond acceptors (Lipinski definition) is 3. The average Bonchev–Trinajstić information content (AvgIpc) is 3.25. The number of para-hydroxylation sites is 1. The van der Waals surface area contributed by atoms with Crippen LogP contribution in [0.3, 0.4) is 0 Å². The molecule has 1 aliphatic carbocycles. The summed E-state index contributed by atoms with van der Waals surface area (Å²) in [7, 11) is 0. The van der Waals surface area contributed by atoms with Crippen LogP contribution in [-0.4, -0.2) is 37.4 Å². The maximum Gasteiger partial charge on any atom is 0.573 e. The molecule has 1 aromatic rings. The van der Waals surface area contributed by atoms with Crippen LogP contribution in [0.4, 0.5) is 13.2 Å². The molecular weight excluding hydrogens is 281 g/mol. The quantitative estimate of drug-likeness (QED) is 0.925. The van der Waals surface area contributed by atoms with Gasteiger partial charge in [-0.05, 0) is 24.8 Å². The van der Waals surface area contributed by atoms with Crippen molar-refractivity contribution in [3.63, 3.8) is 0 Å². The van der Waals surface area contributed by atoms with Gasteiger partial charge < -0.3 is 10.1 Å². The number of rotatable bonds is 4. The van der Waals surface area contributed by atoms with Crippen LogP contribution in [0.1, 0.15) is 24.4 Å². The molecule has 0 aromatic heterocycles. The SMILES string of the molecule is FC(F)(F)Oc1ccccc1[C@@H](C1CC1)N1CCNCC1. The molecule has 0 spiro atoms. The van der Waals surface area contributed by atoms with E-state index in [0.29, 0.717) is 11.5 Å².